The fourth-order valence-electron chi connectivity index (χ4n) is 2.00. The van der Waals surface area contributed by atoms with Crippen LogP contribution in [-0.4, -0.2) is 20.6 Å². The fourth-order valence-corrected chi connectivity index (χ4v) is 2.24. The molecule has 23 heavy (non-hydrogen) atoms. The number of carboxylic acid groups (broad SMARTS) is 1. The molecular weight excluding hydrogens is 357 g/mol. The number of halogens is 6. The number of carbonyl (C=O) groups is 1. The van der Waals surface area contributed by atoms with E-state index < -0.39 is 56.7 Å². The van der Waals surface area contributed by atoms with Gasteiger partial charge in [0.15, 0.2) is 5.52 Å². The average molecular weight is 359 g/mol. The van der Waals surface area contributed by atoms with Gasteiger partial charge in [-0.1, -0.05) is 0 Å². The van der Waals surface area contributed by atoms with Crippen LogP contribution in [0.25, 0.3) is 11.0 Å². The molecule has 0 aliphatic carbocycles. The van der Waals surface area contributed by atoms with Gasteiger partial charge >= 0.3 is 11.9 Å². The molecule has 13 heteroatoms. The lowest BCUT2D eigenvalue weighted by atomic mass is 10.0. The first-order chi connectivity index (χ1) is 10.5. The molecule has 0 atom stereocenters. The van der Waals surface area contributed by atoms with Gasteiger partial charge in [0.25, 0.3) is 6.43 Å². The maximum atomic E-state index is 13.0. The summed E-state index contributed by atoms with van der Waals surface area (Å²) < 4.78 is 64.7. The number of imidazole rings is 1. The van der Waals surface area contributed by atoms with Crippen molar-refractivity contribution in [3.05, 3.63) is 32.6 Å². The number of nitrogens with zero attached hydrogens (tertiary/aromatic N) is 3. The summed E-state index contributed by atoms with van der Waals surface area (Å²) in [7, 11) is 0. The molecule has 0 unspecified atom stereocenters. The second-order valence-corrected chi connectivity index (χ2v) is 4.43. The van der Waals surface area contributed by atoms with E-state index in [1.807, 2.05) is 0 Å². The van der Waals surface area contributed by atoms with Crippen LogP contribution in [0.2, 0.25) is 5.28 Å². The zero-order valence-electron chi connectivity index (χ0n) is 10.4. The fraction of sp³-hybridized carbons (Fsp3) is 0.200. The SMILES string of the molecule is O=C([O-])n1c(Cl)nc2c([N+](=O)[O-])c(C(F)F)c(C(F)(F)F)cc21. The molecule has 0 aliphatic heterocycles. The number of nitro groups is 1. The van der Waals surface area contributed by atoms with E-state index >= 15 is 0 Å². The normalized spacial score (nSPS) is 12.1. The highest BCUT2D eigenvalue weighted by atomic mass is 35.5. The molecule has 1 aromatic carbocycles. The van der Waals surface area contributed by atoms with E-state index in [9.17, 15) is 42.0 Å². The molecule has 0 radical (unpaired) electrons. The van der Waals surface area contributed by atoms with Crippen molar-refractivity contribution in [2.24, 2.45) is 0 Å². The lowest BCUT2D eigenvalue weighted by Crippen LogP contribution is -2.28. The molecule has 0 spiro atoms. The van der Waals surface area contributed by atoms with Gasteiger partial charge in [0.1, 0.15) is 11.7 Å². The summed E-state index contributed by atoms with van der Waals surface area (Å²) in [6, 6.07) is -0.00148. The summed E-state index contributed by atoms with van der Waals surface area (Å²) in [6.45, 7) is 0. The van der Waals surface area contributed by atoms with Crippen LogP contribution in [0.15, 0.2) is 6.07 Å². The first kappa shape index (κ1) is 16.9. The minimum atomic E-state index is -5.40. The molecule has 0 saturated heterocycles. The lowest BCUT2D eigenvalue weighted by Gasteiger charge is -2.14. The molecule has 2 aromatic rings. The number of benzene rings is 1. The largest absolute Gasteiger partial charge is 0.529 e. The van der Waals surface area contributed by atoms with Gasteiger partial charge in [0.05, 0.1) is 16.0 Å². The Hall–Kier alpha value is -2.50. The third kappa shape index (κ3) is 2.65. The monoisotopic (exact) mass is 358 g/mol. The molecule has 0 bridgehead atoms. The van der Waals surface area contributed by atoms with Gasteiger partial charge in [-0.2, -0.15) is 13.2 Å². The van der Waals surface area contributed by atoms with E-state index in [2.05, 4.69) is 4.98 Å². The lowest BCUT2D eigenvalue weighted by molar-refractivity contribution is -0.384. The zero-order chi connectivity index (χ0) is 17.7. The zero-order valence-corrected chi connectivity index (χ0v) is 11.2. The molecule has 0 amide bonds. The molecule has 124 valence electrons. The van der Waals surface area contributed by atoms with Crippen molar-refractivity contribution in [1.82, 2.24) is 9.55 Å². The number of alkyl halides is 5. The molecular formula is C10H2ClF5N3O4-. The predicted molar refractivity (Wildman–Crippen MR) is 62.2 cm³/mol. The van der Waals surface area contributed by atoms with Crippen molar-refractivity contribution in [3.8, 4) is 0 Å². The molecule has 0 saturated carbocycles. The van der Waals surface area contributed by atoms with Crippen molar-refractivity contribution in [2.75, 3.05) is 0 Å². The van der Waals surface area contributed by atoms with E-state index in [-0.39, 0.29) is 10.6 Å². The highest BCUT2D eigenvalue weighted by Crippen LogP contribution is 2.45. The van der Waals surface area contributed by atoms with Gasteiger partial charge in [-0.05, 0) is 17.7 Å². The van der Waals surface area contributed by atoms with Crippen molar-refractivity contribution < 1.29 is 36.8 Å². The molecule has 1 aromatic heterocycles. The standard InChI is InChI=1S/C10H3ClF5N3O4/c11-8-17-5-3(18(8)9(20)21)1-2(10(14,15)16)4(7(12)13)6(5)19(22)23/h1,7H,(H,20,21)/p-1. The summed E-state index contributed by atoms with van der Waals surface area (Å²) in [5.74, 6) is 0. The smallest absolute Gasteiger partial charge is 0.417 e. The topological polar surface area (TPSA) is 101 Å². The predicted octanol–water partition coefficient (Wildman–Crippen LogP) is 2.75. The minimum absolute atomic E-state index is 0.00148. The van der Waals surface area contributed by atoms with Gasteiger partial charge in [0, 0.05) is 0 Å². The van der Waals surface area contributed by atoms with Crippen LogP contribution in [0.4, 0.5) is 32.4 Å². The van der Waals surface area contributed by atoms with Gasteiger partial charge in [0.2, 0.25) is 5.28 Å². The van der Waals surface area contributed by atoms with Gasteiger partial charge < -0.3 is 9.90 Å². The maximum absolute atomic E-state index is 13.0. The van der Waals surface area contributed by atoms with Gasteiger partial charge in [-0.3, -0.25) is 14.7 Å². The maximum Gasteiger partial charge on any atom is 0.417 e. The van der Waals surface area contributed by atoms with E-state index in [1.54, 1.807) is 0 Å². The highest BCUT2D eigenvalue weighted by molar-refractivity contribution is 6.30. The Morgan fingerprint density at radius 2 is 1.96 bits per heavy atom. The van der Waals surface area contributed by atoms with Crippen LogP contribution < -0.4 is 5.11 Å². The Morgan fingerprint density at radius 3 is 2.35 bits per heavy atom. The molecule has 0 aliphatic rings. The molecule has 7 nitrogen and oxygen atoms in total. The van der Waals surface area contributed by atoms with E-state index in [0.29, 0.717) is 0 Å². The van der Waals surface area contributed by atoms with Crippen LogP contribution in [0, 0.1) is 10.1 Å². The number of nitro benzene ring substituents is 1. The Kier molecular flexibility index (Phi) is 3.88. The quantitative estimate of drug-likeness (QED) is 0.466. The molecule has 2 rings (SSSR count). The Labute approximate surface area is 127 Å². The van der Waals surface area contributed by atoms with Gasteiger partial charge in [-0.25, -0.2) is 13.8 Å². The Morgan fingerprint density at radius 1 is 1.39 bits per heavy atom. The Balaban J connectivity index is 3.11. The summed E-state index contributed by atoms with van der Waals surface area (Å²) in [5, 5.41) is 20.9. The van der Waals surface area contributed by atoms with Crippen LogP contribution in [0.3, 0.4) is 0 Å². The number of carbonyl (C=O) groups excluding carboxylic acids is 1. The van der Waals surface area contributed by atoms with Crippen molar-refractivity contribution in [1.29, 1.82) is 0 Å². The number of hydrogen-bond donors (Lipinski definition) is 0. The average Bonchev–Trinajstić information content (AvgIpc) is 2.70. The van der Waals surface area contributed by atoms with E-state index in [0.717, 1.165) is 0 Å². The first-order valence-corrected chi connectivity index (χ1v) is 5.80. The summed E-state index contributed by atoms with van der Waals surface area (Å²) >= 11 is 5.38. The van der Waals surface area contributed by atoms with Gasteiger partial charge in [-0.15, -0.1) is 0 Å². The second kappa shape index (κ2) is 5.30. The first-order valence-electron chi connectivity index (χ1n) is 5.42. The van der Waals surface area contributed by atoms with E-state index in [4.69, 9.17) is 11.6 Å². The highest BCUT2D eigenvalue weighted by Gasteiger charge is 2.42. The molecule has 0 fully saturated rings. The Bertz CT molecular complexity index is 832. The number of hydrogen-bond acceptors (Lipinski definition) is 5. The third-order valence-electron chi connectivity index (χ3n) is 2.81. The van der Waals surface area contributed by atoms with Crippen LogP contribution in [0.5, 0.6) is 0 Å². The number of aromatic nitrogens is 2. The van der Waals surface area contributed by atoms with Crippen LogP contribution in [-0.2, 0) is 6.18 Å². The molecule has 0 N–H and O–H groups in total. The minimum Gasteiger partial charge on any atom is -0.529 e. The van der Waals surface area contributed by atoms with Crippen molar-refractivity contribution >= 4 is 34.4 Å². The van der Waals surface area contributed by atoms with Crippen molar-refractivity contribution in [2.45, 2.75) is 12.6 Å². The second-order valence-electron chi connectivity index (χ2n) is 4.09. The van der Waals surface area contributed by atoms with Crippen LogP contribution >= 0.6 is 11.6 Å². The summed E-state index contributed by atoms with van der Waals surface area (Å²) in [6.07, 6.45) is -11.4. The van der Waals surface area contributed by atoms with Crippen molar-refractivity contribution in [3.63, 3.8) is 0 Å². The molecule has 1 heterocycles. The summed E-state index contributed by atoms with van der Waals surface area (Å²) in [5.41, 5.74) is -7.67. The van der Waals surface area contributed by atoms with Crippen LogP contribution in [0.1, 0.15) is 17.6 Å². The number of fused-ring (bicyclic) bond motifs is 1. The third-order valence-corrected chi connectivity index (χ3v) is 3.07. The summed E-state index contributed by atoms with van der Waals surface area (Å²) in [4.78, 5) is 23.5. The van der Waals surface area contributed by atoms with E-state index in [1.165, 1.54) is 0 Å². The number of rotatable bonds is 2.